The van der Waals surface area contributed by atoms with Gasteiger partial charge in [0.1, 0.15) is 0 Å². The summed E-state index contributed by atoms with van der Waals surface area (Å²) < 4.78 is 0. The third-order valence-corrected chi connectivity index (χ3v) is 20.0. The van der Waals surface area contributed by atoms with Crippen molar-refractivity contribution in [1.29, 1.82) is 0 Å². The maximum Gasteiger partial charge on any atom is 0.0972 e. The Labute approximate surface area is 596 Å². The normalized spacial score (nSPS) is 11.7. The van der Waals surface area contributed by atoms with Crippen molar-refractivity contribution in [2.75, 3.05) is 0 Å². The van der Waals surface area contributed by atoms with Crippen LogP contribution in [0.2, 0.25) is 0 Å². The fourth-order valence-electron chi connectivity index (χ4n) is 14.5. The Morgan fingerprint density at radius 3 is 1.05 bits per heavy atom. The van der Waals surface area contributed by atoms with E-state index in [4.69, 9.17) is 34.9 Å². The molecule has 482 valence electrons. The second kappa shape index (κ2) is 24.9. The molecule has 0 aliphatic heterocycles. The third-order valence-electron chi connectivity index (χ3n) is 20.0. The monoisotopic (exact) mass is 1320 g/mol. The van der Waals surface area contributed by atoms with Crippen LogP contribution in [-0.2, 0) is 0 Å². The van der Waals surface area contributed by atoms with E-state index >= 15 is 0 Å². The van der Waals surface area contributed by atoms with Crippen LogP contribution in [0.4, 0.5) is 0 Å². The Hall–Kier alpha value is -14.2. The maximum absolute atomic E-state index is 5.09. The van der Waals surface area contributed by atoms with Crippen molar-refractivity contribution in [3.8, 4) is 89.9 Å². The fraction of sp³-hybridized carbons (Fsp3) is 0. The predicted molar refractivity (Wildman–Crippen MR) is 427 cm³/mol. The minimum atomic E-state index is 0.864. The van der Waals surface area contributed by atoms with Crippen LogP contribution >= 0.6 is 0 Å². The van der Waals surface area contributed by atoms with Gasteiger partial charge in [-0.15, -0.1) is 0 Å². The molecule has 0 spiro atoms. The summed E-state index contributed by atoms with van der Waals surface area (Å²) >= 11 is 0. The molecule has 21 rings (SSSR count). The van der Waals surface area contributed by atoms with Gasteiger partial charge in [-0.05, 0) is 172 Å². The number of hydrogen-bond donors (Lipinski definition) is 0. The average Bonchev–Trinajstić information content (AvgIpc) is 0.799. The lowest BCUT2D eigenvalue weighted by molar-refractivity contribution is 1.32. The molecule has 10 aromatic heterocycles. The Morgan fingerprint density at radius 2 is 0.481 bits per heavy atom. The molecule has 0 unspecified atom stereocenters. The van der Waals surface area contributed by atoms with Crippen molar-refractivity contribution < 1.29 is 0 Å². The summed E-state index contributed by atoms with van der Waals surface area (Å²) in [7, 11) is 0. The van der Waals surface area contributed by atoms with E-state index in [0.717, 1.165) is 210 Å². The predicted octanol–water partition coefficient (Wildman–Crippen LogP) is 23.3. The first kappa shape index (κ1) is 59.8. The van der Waals surface area contributed by atoms with Gasteiger partial charge in [0.15, 0.2) is 0 Å². The highest BCUT2D eigenvalue weighted by atomic mass is 14.8. The Kier molecular flexibility index (Phi) is 14.3. The Morgan fingerprint density at radius 1 is 0.154 bits per heavy atom. The summed E-state index contributed by atoms with van der Waals surface area (Å²) in [6, 6.07) is 112. The van der Waals surface area contributed by atoms with Crippen molar-refractivity contribution >= 4 is 120 Å². The number of aromatic nitrogens is 10. The molecule has 0 amide bonds. The molecule has 0 atom stereocenters. The first-order valence-corrected chi connectivity index (χ1v) is 34.7. The van der Waals surface area contributed by atoms with Crippen molar-refractivity contribution in [2.24, 2.45) is 0 Å². The van der Waals surface area contributed by atoms with E-state index in [-0.39, 0.29) is 0 Å². The molecule has 10 heteroatoms. The topological polar surface area (TPSA) is 129 Å². The zero-order valence-corrected chi connectivity index (χ0v) is 55.8. The quantitative estimate of drug-likeness (QED) is 0.136. The van der Waals surface area contributed by atoms with E-state index in [0.29, 0.717) is 0 Å². The van der Waals surface area contributed by atoms with Crippen molar-refractivity contribution in [2.45, 2.75) is 0 Å². The SMILES string of the molecule is c1ccc2nc(-c3ccc4ccc(-c5ccc6nc(-c7ccc(-c8cc9cccnc9c9ncccc89)cc7)ccc6c5)cc4n3)ccc2c1.c1ccc2nc(-c3ccc4ccc(-c5ccc6nc(-c7ccc8cc(-c9ccc%10ccc%11cccnc%11c%10n9)ccc8c7)ccc6c5)cc4n3)ccc2c1. The lowest BCUT2D eigenvalue weighted by Crippen LogP contribution is -1.90. The smallest absolute Gasteiger partial charge is 0.0972 e. The molecule has 0 saturated carbocycles. The van der Waals surface area contributed by atoms with Gasteiger partial charge in [0, 0.05) is 89.1 Å². The number of nitrogens with zero attached hydrogens (tertiary/aromatic N) is 10. The number of benzene rings is 11. The third kappa shape index (κ3) is 11.0. The number of fused-ring (bicyclic) bond motifs is 13. The lowest BCUT2D eigenvalue weighted by Gasteiger charge is -2.11. The van der Waals surface area contributed by atoms with Gasteiger partial charge >= 0.3 is 0 Å². The van der Waals surface area contributed by atoms with Gasteiger partial charge < -0.3 is 0 Å². The van der Waals surface area contributed by atoms with E-state index in [2.05, 4.69) is 258 Å². The van der Waals surface area contributed by atoms with Gasteiger partial charge in [-0.3, -0.25) is 15.0 Å². The molecule has 11 aromatic carbocycles. The zero-order valence-electron chi connectivity index (χ0n) is 55.8. The van der Waals surface area contributed by atoms with E-state index in [9.17, 15) is 0 Å². The van der Waals surface area contributed by atoms with Gasteiger partial charge in [-0.2, -0.15) is 0 Å². The van der Waals surface area contributed by atoms with Crippen LogP contribution in [0, 0.1) is 0 Å². The Bertz CT molecular complexity index is 7080. The summed E-state index contributed by atoms with van der Waals surface area (Å²) in [5.41, 5.74) is 25.7. The molecule has 10 nitrogen and oxygen atoms in total. The van der Waals surface area contributed by atoms with Crippen LogP contribution in [0.15, 0.2) is 340 Å². The van der Waals surface area contributed by atoms with Crippen LogP contribution in [0.5, 0.6) is 0 Å². The number of rotatable bonds is 8. The number of pyridine rings is 10. The molecule has 0 aliphatic rings. The molecule has 10 heterocycles. The van der Waals surface area contributed by atoms with Crippen molar-refractivity contribution in [3.05, 3.63) is 340 Å². The van der Waals surface area contributed by atoms with Gasteiger partial charge in [0.25, 0.3) is 0 Å². The summed E-state index contributed by atoms with van der Waals surface area (Å²) in [5, 5.41) is 13.3. The standard InChI is InChI=1S/C49H29N5.C45H27N5/c1-2-6-41-30(4-1)15-23-45(52-41)46-24-16-31-7-10-37(29-47(31)53-46)36-18-21-42-40(28-36)19-22-43(51-42)38-13-11-35-27-39(14-12-34(35)26-38)44-20-17-33-9-8-32-5-3-25-50-48(32)49(33)54-44;1-2-8-38-29(5-1)15-21-41(49-38)42-22-16-31-13-14-33(27-43(31)50-42)32-17-19-40-34(25-32)18-20-39(48-40)30-11-9-28(10-12-30)37-26-35-6-3-23-46-44(35)45-36(37)7-4-24-47-45/h1-29H;1-27H. The van der Waals surface area contributed by atoms with Crippen LogP contribution in [-0.4, -0.2) is 49.8 Å². The highest BCUT2D eigenvalue weighted by molar-refractivity contribution is 6.10. The highest BCUT2D eigenvalue weighted by Gasteiger charge is 2.16. The first-order valence-electron chi connectivity index (χ1n) is 34.7. The molecule has 0 aliphatic carbocycles. The molecule has 21 aromatic rings. The van der Waals surface area contributed by atoms with Crippen LogP contribution < -0.4 is 0 Å². The summed E-state index contributed by atoms with van der Waals surface area (Å²) in [5.74, 6) is 0. The minimum Gasteiger partial charge on any atom is -0.254 e. The van der Waals surface area contributed by atoms with E-state index < -0.39 is 0 Å². The van der Waals surface area contributed by atoms with Gasteiger partial charge in [-0.25, -0.2) is 34.9 Å². The molecule has 104 heavy (non-hydrogen) atoms. The van der Waals surface area contributed by atoms with Crippen LogP contribution in [0.3, 0.4) is 0 Å². The van der Waals surface area contributed by atoms with Crippen LogP contribution in [0.25, 0.3) is 210 Å². The van der Waals surface area contributed by atoms with Gasteiger partial charge in [0.05, 0.1) is 95.0 Å². The highest BCUT2D eigenvalue weighted by Crippen LogP contribution is 2.38. The summed E-state index contributed by atoms with van der Waals surface area (Å²) in [4.78, 5) is 48.9. The second-order valence-corrected chi connectivity index (χ2v) is 26.4. The fourth-order valence-corrected chi connectivity index (χ4v) is 14.5. The van der Waals surface area contributed by atoms with Crippen LogP contribution in [0.1, 0.15) is 0 Å². The van der Waals surface area contributed by atoms with E-state index in [1.54, 1.807) is 0 Å². The molecule has 0 saturated heterocycles. The van der Waals surface area contributed by atoms with Crippen molar-refractivity contribution in [1.82, 2.24) is 49.8 Å². The number of hydrogen-bond acceptors (Lipinski definition) is 10. The molecule has 0 N–H and O–H groups in total. The maximum atomic E-state index is 5.09. The second-order valence-electron chi connectivity index (χ2n) is 26.4. The number of para-hydroxylation sites is 2. The first-order chi connectivity index (χ1) is 51.4. The van der Waals surface area contributed by atoms with Gasteiger partial charge in [0.2, 0.25) is 0 Å². The van der Waals surface area contributed by atoms with E-state index in [1.165, 1.54) is 0 Å². The molecular formula is C94H56N10. The summed E-state index contributed by atoms with van der Waals surface area (Å²) in [6.45, 7) is 0. The largest absolute Gasteiger partial charge is 0.254 e. The lowest BCUT2D eigenvalue weighted by atomic mass is 9.96. The molecule has 0 bridgehead atoms. The Balaban J connectivity index is 0.000000139. The van der Waals surface area contributed by atoms with Crippen molar-refractivity contribution in [3.63, 3.8) is 0 Å². The zero-order chi connectivity index (χ0) is 68.6. The van der Waals surface area contributed by atoms with Gasteiger partial charge in [-0.1, -0.05) is 194 Å². The average molecular weight is 1330 g/mol. The molecule has 0 fully saturated rings. The summed E-state index contributed by atoms with van der Waals surface area (Å²) in [6.07, 6.45) is 5.48. The molecular weight excluding hydrogens is 1270 g/mol. The minimum absolute atomic E-state index is 0.864. The van der Waals surface area contributed by atoms with E-state index in [1.807, 2.05) is 97.5 Å². The molecule has 0 radical (unpaired) electrons.